The fraction of sp³-hybridized carbons (Fsp3) is 0.500. The highest BCUT2D eigenvalue weighted by Gasteiger charge is 2.25. The third-order valence-electron chi connectivity index (χ3n) is 2.86. The molecule has 0 amide bonds. The first-order chi connectivity index (χ1) is 7.19. The van der Waals surface area contributed by atoms with Gasteiger partial charge in [-0.3, -0.25) is 4.90 Å². The van der Waals surface area contributed by atoms with Gasteiger partial charge in [-0.15, -0.1) is 0 Å². The summed E-state index contributed by atoms with van der Waals surface area (Å²) in [5, 5.41) is 0.789. The van der Waals surface area contributed by atoms with Crippen LogP contribution in [-0.4, -0.2) is 18.0 Å². The molecule has 0 spiro atoms. The molecule has 1 fully saturated rings. The van der Waals surface area contributed by atoms with Crippen LogP contribution in [0.15, 0.2) is 18.2 Å². The average Bonchev–Trinajstić information content (AvgIpc) is 2.99. The minimum absolute atomic E-state index is 0.556. The second-order valence-electron chi connectivity index (χ2n) is 4.32. The molecule has 1 saturated carbocycles. The van der Waals surface area contributed by atoms with E-state index in [-0.39, 0.29) is 0 Å². The summed E-state index contributed by atoms with van der Waals surface area (Å²) in [6, 6.07) is 6.89. The highest BCUT2D eigenvalue weighted by atomic mass is 35.5. The summed E-state index contributed by atoms with van der Waals surface area (Å²) >= 11 is 6.03. The Morgan fingerprint density at radius 2 is 2.00 bits per heavy atom. The molecule has 3 heteroatoms. The predicted octanol–water partition coefficient (Wildman–Crippen LogP) is 2.39. The van der Waals surface area contributed by atoms with Gasteiger partial charge in [-0.05, 0) is 43.1 Å². The molecule has 0 aliphatic heterocycles. The lowest BCUT2D eigenvalue weighted by Crippen LogP contribution is -2.20. The van der Waals surface area contributed by atoms with Gasteiger partial charge >= 0.3 is 0 Å². The number of rotatable bonds is 4. The quantitative estimate of drug-likeness (QED) is 0.851. The van der Waals surface area contributed by atoms with Crippen LogP contribution in [0, 0.1) is 0 Å². The molecule has 1 aromatic carbocycles. The first kappa shape index (κ1) is 10.9. The molecule has 0 unspecified atom stereocenters. The Kier molecular flexibility index (Phi) is 3.29. The summed E-state index contributed by atoms with van der Waals surface area (Å²) in [6.45, 7) is 1.53. The Morgan fingerprint density at radius 1 is 1.33 bits per heavy atom. The molecule has 0 saturated heterocycles. The maximum Gasteiger partial charge on any atom is 0.0412 e. The van der Waals surface area contributed by atoms with Crippen molar-refractivity contribution in [3.63, 3.8) is 0 Å². The van der Waals surface area contributed by atoms with Crippen molar-refractivity contribution >= 4 is 11.6 Å². The van der Waals surface area contributed by atoms with Crippen molar-refractivity contribution in [1.82, 2.24) is 4.90 Å². The lowest BCUT2D eigenvalue weighted by molar-refractivity contribution is 0.316. The molecule has 0 aromatic heterocycles. The molecular weight excluding hydrogens is 208 g/mol. The van der Waals surface area contributed by atoms with Crippen molar-refractivity contribution in [3.8, 4) is 0 Å². The first-order valence-corrected chi connectivity index (χ1v) is 5.75. The lowest BCUT2D eigenvalue weighted by Gasteiger charge is -2.16. The topological polar surface area (TPSA) is 29.3 Å². The fourth-order valence-corrected chi connectivity index (χ4v) is 2.14. The Balaban J connectivity index is 2.08. The van der Waals surface area contributed by atoms with Crippen LogP contribution in [0.3, 0.4) is 0 Å². The van der Waals surface area contributed by atoms with Crippen LogP contribution in [-0.2, 0) is 13.1 Å². The molecule has 0 atom stereocenters. The fourth-order valence-electron chi connectivity index (χ4n) is 1.86. The molecule has 1 aliphatic carbocycles. The van der Waals surface area contributed by atoms with Gasteiger partial charge in [-0.2, -0.15) is 0 Å². The zero-order valence-electron chi connectivity index (χ0n) is 9.04. The summed E-state index contributed by atoms with van der Waals surface area (Å²) < 4.78 is 0. The van der Waals surface area contributed by atoms with E-state index in [2.05, 4.69) is 18.0 Å². The number of nitrogens with two attached hydrogens (primary N) is 1. The summed E-state index contributed by atoms with van der Waals surface area (Å²) in [7, 11) is 2.17. The number of hydrogen-bond acceptors (Lipinski definition) is 2. The van der Waals surface area contributed by atoms with Crippen molar-refractivity contribution < 1.29 is 0 Å². The Hall–Kier alpha value is -0.570. The highest BCUT2D eigenvalue weighted by molar-refractivity contribution is 6.30. The lowest BCUT2D eigenvalue weighted by atomic mass is 10.1. The predicted molar refractivity (Wildman–Crippen MR) is 63.8 cm³/mol. The smallest absolute Gasteiger partial charge is 0.0412 e. The van der Waals surface area contributed by atoms with Gasteiger partial charge in [-0.1, -0.05) is 17.7 Å². The van der Waals surface area contributed by atoms with E-state index < -0.39 is 0 Å². The molecule has 15 heavy (non-hydrogen) atoms. The number of halogens is 1. The van der Waals surface area contributed by atoms with Crippen LogP contribution >= 0.6 is 11.6 Å². The van der Waals surface area contributed by atoms with Crippen LogP contribution in [0.1, 0.15) is 24.0 Å². The third kappa shape index (κ3) is 2.94. The molecule has 2 rings (SSSR count). The molecule has 1 aromatic rings. The van der Waals surface area contributed by atoms with Crippen molar-refractivity contribution in [2.45, 2.75) is 32.0 Å². The van der Waals surface area contributed by atoms with E-state index in [0.717, 1.165) is 23.2 Å². The van der Waals surface area contributed by atoms with Crippen LogP contribution in [0.2, 0.25) is 5.02 Å². The number of hydrogen-bond donors (Lipinski definition) is 1. The monoisotopic (exact) mass is 224 g/mol. The van der Waals surface area contributed by atoms with Crippen molar-refractivity contribution in [2.24, 2.45) is 5.73 Å². The van der Waals surface area contributed by atoms with Crippen molar-refractivity contribution in [1.29, 1.82) is 0 Å². The molecule has 1 aliphatic rings. The van der Waals surface area contributed by atoms with E-state index in [1.54, 1.807) is 0 Å². The van der Waals surface area contributed by atoms with Crippen LogP contribution < -0.4 is 5.73 Å². The summed E-state index contributed by atoms with van der Waals surface area (Å²) in [5.74, 6) is 0. The van der Waals surface area contributed by atoms with Gasteiger partial charge in [0.15, 0.2) is 0 Å². The molecule has 82 valence electrons. The SMILES string of the molecule is CN(Cc1cc(Cl)cc(CN)c1)C1CC1. The number of nitrogens with zero attached hydrogens (tertiary/aromatic N) is 1. The average molecular weight is 225 g/mol. The van der Waals surface area contributed by atoms with E-state index in [0.29, 0.717) is 6.54 Å². The van der Waals surface area contributed by atoms with Gasteiger partial charge in [0.05, 0.1) is 0 Å². The zero-order valence-corrected chi connectivity index (χ0v) is 9.80. The van der Waals surface area contributed by atoms with Gasteiger partial charge in [0.1, 0.15) is 0 Å². The first-order valence-electron chi connectivity index (χ1n) is 5.37. The summed E-state index contributed by atoms with van der Waals surface area (Å²) in [5.41, 5.74) is 7.99. The second-order valence-corrected chi connectivity index (χ2v) is 4.75. The highest BCUT2D eigenvalue weighted by Crippen LogP contribution is 2.27. The minimum atomic E-state index is 0.556. The van der Waals surface area contributed by atoms with Gasteiger partial charge in [0.2, 0.25) is 0 Å². The van der Waals surface area contributed by atoms with Crippen molar-refractivity contribution in [2.75, 3.05) is 7.05 Å². The Labute approximate surface area is 96.0 Å². The van der Waals surface area contributed by atoms with Crippen LogP contribution in [0.5, 0.6) is 0 Å². The van der Waals surface area contributed by atoms with Gasteiger partial charge < -0.3 is 5.73 Å². The van der Waals surface area contributed by atoms with E-state index in [9.17, 15) is 0 Å². The third-order valence-corrected chi connectivity index (χ3v) is 3.07. The molecule has 2 nitrogen and oxygen atoms in total. The van der Waals surface area contributed by atoms with Gasteiger partial charge in [-0.25, -0.2) is 0 Å². The van der Waals surface area contributed by atoms with E-state index in [1.165, 1.54) is 18.4 Å². The normalized spacial score (nSPS) is 16.0. The summed E-state index contributed by atoms with van der Waals surface area (Å²) in [6.07, 6.45) is 2.67. The van der Waals surface area contributed by atoms with E-state index in [1.807, 2.05) is 12.1 Å². The Morgan fingerprint density at radius 3 is 2.60 bits per heavy atom. The van der Waals surface area contributed by atoms with Crippen LogP contribution in [0.4, 0.5) is 0 Å². The maximum atomic E-state index is 6.03. The largest absolute Gasteiger partial charge is 0.326 e. The minimum Gasteiger partial charge on any atom is -0.326 e. The molecule has 2 N–H and O–H groups in total. The maximum absolute atomic E-state index is 6.03. The van der Waals surface area contributed by atoms with Crippen LogP contribution in [0.25, 0.3) is 0 Å². The molecule has 0 heterocycles. The zero-order chi connectivity index (χ0) is 10.8. The van der Waals surface area contributed by atoms with E-state index >= 15 is 0 Å². The Bertz CT molecular complexity index is 347. The van der Waals surface area contributed by atoms with E-state index in [4.69, 9.17) is 17.3 Å². The second kappa shape index (κ2) is 4.52. The van der Waals surface area contributed by atoms with Gasteiger partial charge in [0.25, 0.3) is 0 Å². The molecular formula is C12H17ClN2. The standard InChI is InChI=1S/C12H17ClN2/c1-15(12-2-3-12)8-10-4-9(7-14)5-11(13)6-10/h4-6,12H,2-3,7-8,14H2,1H3. The van der Waals surface area contributed by atoms with Gasteiger partial charge in [0, 0.05) is 24.2 Å². The molecule has 0 radical (unpaired) electrons. The molecule has 0 bridgehead atoms. The summed E-state index contributed by atoms with van der Waals surface area (Å²) in [4.78, 5) is 2.38. The van der Waals surface area contributed by atoms with Crippen molar-refractivity contribution in [3.05, 3.63) is 34.3 Å². The number of benzene rings is 1.